The van der Waals surface area contributed by atoms with Gasteiger partial charge in [-0.1, -0.05) is 38.1 Å². The summed E-state index contributed by atoms with van der Waals surface area (Å²) >= 11 is 0. The number of ether oxygens (including phenoxy) is 1. The number of hydrogen-bond donors (Lipinski definition) is 0. The highest BCUT2D eigenvalue weighted by Crippen LogP contribution is 2.25. The first kappa shape index (κ1) is 14.7. The number of carbonyl (C=O) groups excluding carboxylic acids is 1. The molecule has 2 nitrogen and oxygen atoms in total. The van der Waals surface area contributed by atoms with Crippen molar-refractivity contribution in [2.75, 3.05) is 6.61 Å². The Balaban J connectivity index is 2.83. The predicted molar refractivity (Wildman–Crippen MR) is 74.6 cm³/mol. The standard InChI is InChI=1S/C16H24O2/c1-6-18-15(17)16(4,5)11-13-8-7-9-14(10-13)12(2)3/h7-10,12H,6,11H2,1-5H3. The zero-order valence-electron chi connectivity index (χ0n) is 12.1. The molecule has 0 atom stereocenters. The molecule has 2 heteroatoms. The highest BCUT2D eigenvalue weighted by molar-refractivity contribution is 5.76. The zero-order valence-corrected chi connectivity index (χ0v) is 12.1. The van der Waals surface area contributed by atoms with Gasteiger partial charge >= 0.3 is 5.97 Å². The molecule has 0 amide bonds. The van der Waals surface area contributed by atoms with E-state index in [1.54, 1.807) is 0 Å². The molecule has 0 aromatic heterocycles. The average Bonchev–Trinajstić information content (AvgIpc) is 2.29. The van der Waals surface area contributed by atoms with Crippen LogP contribution in [-0.4, -0.2) is 12.6 Å². The molecule has 0 unspecified atom stereocenters. The van der Waals surface area contributed by atoms with E-state index in [0.29, 0.717) is 18.9 Å². The molecule has 0 aliphatic heterocycles. The Hall–Kier alpha value is -1.31. The highest BCUT2D eigenvalue weighted by atomic mass is 16.5. The Labute approximate surface area is 110 Å². The maximum Gasteiger partial charge on any atom is 0.311 e. The van der Waals surface area contributed by atoms with E-state index in [0.717, 1.165) is 0 Å². The first-order valence-corrected chi connectivity index (χ1v) is 6.63. The summed E-state index contributed by atoms with van der Waals surface area (Å²) in [6.07, 6.45) is 0.715. The van der Waals surface area contributed by atoms with E-state index in [9.17, 15) is 4.79 Å². The number of esters is 1. The molecule has 0 spiro atoms. The van der Waals surface area contributed by atoms with Crippen molar-refractivity contribution >= 4 is 5.97 Å². The molecule has 0 saturated carbocycles. The summed E-state index contributed by atoms with van der Waals surface area (Å²) in [5.74, 6) is 0.385. The van der Waals surface area contributed by atoms with E-state index >= 15 is 0 Å². The van der Waals surface area contributed by atoms with Crippen molar-refractivity contribution in [2.45, 2.75) is 47.0 Å². The summed E-state index contributed by atoms with van der Waals surface area (Å²) in [5.41, 5.74) is 2.04. The molecule has 0 bridgehead atoms. The van der Waals surface area contributed by atoms with Gasteiger partial charge in [0.1, 0.15) is 0 Å². The summed E-state index contributed by atoms with van der Waals surface area (Å²) in [5, 5.41) is 0. The molecule has 1 aromatic carbocycles. The van der Waals surface area contributed by atoms with E-state index in [-0.39, 0.29) is 5.97 Å². The zero-order chi connectivity index (χ0) is 13.8. The van der Waals surface area contributed by atoms with Crippen LogP contribution in [0.25, 0.3) is 0 Å². The van der Waals surface area contributed by atoms with Gasteiger partial charge in [0.2, 0.25) is 0 Å². The summed E-state index contributed by atoms with van der Waals surface area (Å²) < 4.78 is 5.12. The Bertz CT molecular complexity index is 405. The molecule has 1 rings (SSSR count). The van der Waals surface area contributed by atoms with Gasteiger partial charge in [-0.2, -0.15) is 0 Å². The van der Waals surface area contributed by atoms with E-state index in [1.165, 1.54) is 11.1 Å². The van der Waals surface area contributed by atoms with Crippen molar-refractivity contribution in [3.05, 3.63) is 35.4 Å². The third kappa shape index (κ3) is 3.86. The van der Waals surface area contributed by atoms with Gasteiger partial charge in [-0.3, -0.25) is 4.79 Å². The minimum Gasteiger partial charge on any atom is -0.466 e. The van der Waals surface area contributed by atoms with Gasteiger partial charge < -0.3 is 4.74 Å². The molecule has 1 aromatic rings. The molecule has 0 heterocycles. The van der Waals surface area contributed by atoms with Crippen molar-refractivity contribution in [3.63, 3.8) is 0 Å². The molecule has 0 aliphatic carbocycles. The first-order valence-electron chi connectivity index (χ1n) is 6.63. The molecular formula is C16H24O2. The van der Waals surface area contributed by atoms with Crippen LogP contribution in [0, 0.1) is 5.41 Å². The van der Waals surface area contributed by atoms with Crippen LogP contribution >= 0.6 is 0 Å². The normalized spacial score (nSPS) is 11.7. The lowest BCUT2D eigenvalue weighted by Gasteiger charge is -2.22. The average molecular weight is 248 g/mol. The molecule has 100 valence electrons. The highest BCUT2D eigenvalue weighted by Gasteiger charge is 2.29. The van der Waals surface area contributed by atoms with Crippen LogP contribution in [0.15, 0.2) is 24.3 Å². The second kappa shape index (κ2) is 6.03. The second-order valence-electron chi connectivity index (χ2n) is 5.68. The molecule has 0 fully saturated rings. The molecule has 18 heavy (non-hydrogen) atoms. The van der Waals surface area contributed by atoms with E-state index < -0.39 is 5.41 Å². The van der Waals surface area contributed by atoms with Gasteiger partial charge in [0.15, 0.2) is 0 Å². The minimum absolute atomic E-state index is 0.125. The van der Waals surface area contributed by atoms with Crippen LogP contribution in [0.4, 0.5) is 0 Å². The summed E-state index contributed by atoms with van der Waals surface area (Å²) in [7, 11) is 0. The second-order valence-corrected chi connectivity index (χ2v) is 5.68. The third-order valence-electron chi connectivity index (χ3n) is 3.09. The van der Waals surface area contributed by atoms with Gasteiger partial charge in [-0.15, -0.1) is 0 Å². The predicted octanol–water partition coefficient (Wildman–Crippen LogP) is 3.94. The van der Waals surface area contributed by atoms with Gasteiger partial charge in [-0.25, -0.2) is 0 Å². The SMILES string of the molecule is CCOC(=O)C(C)(C)Cc1cccc(C(C)C)c1. The lowest BCUT2D eigenvalue weighted by atomic mass is 9.85. The minimum atomic E-state index is -0.467. The summed E-state index contributed by atoms with van der Waals surface area (Å²) in [6.45, 7) is 10.5. The topological polar surface area (TPSA) is 26.3 Å². The van der Waals surface area contributed by atoms with Crippen LogP contribution < -0.4 is 0 Å². The van der Waals surface area contributed by atoms with E-state index in [4.69, 9.17) is 4.74 Å². The lowest BCUT2D eigenvalue weighted by Crippen LogP contribution is -2.29. The third-order valence-corrected chi connectivity index (χ3v) is 3.09. The van der Waals surface area contributed by atoms with Crippen molar-refractivity contribution in [1.29, 1.82) is 0 Å². The monoisotopic (exact) mass is 248 g/mol. The first-order chi connectivity index (χ1) is 8.36. The molecule has 0 radical (unpaired) electrons. The van der Waals surface area contributed by atoms with E-state index in [2.05, 4.69) is 38.1 Å². The number of rotatable bonds is 5. The van der Waals surface area contributed by atoms with Crippen LogP contribution in [0.5, 0.6) is 0 Å². The fourth-order valence-electron chi connectivity index (χ4n) is 1.97. The van der Waals surface area contributed by atoms with Crippen molar-refractivity contribution < 1.29 is 9.53 Å². The van der Waals surface area contributed by atoms with E-state index in [1.807, 2.05) is 20.8 Å². The van der Waals surface area contributed by atoms with Crippen molar-refractivity contribution in [1.82, 2.24) is 0 Å². The fourth-order valence-corrected chi connectivity index (χ4v) is 1.97. The quantitative estimate of drug-likeness (QED) is 0.738. The maximum atomic E-state index is 11.9. The van der Waals surface area contributed by atoms with Crippen LogP contribution in [0.1, 0.15) is 51.7 Å². The maximum absolute atomic E-state index is 11.9. The molecule has 0 N–H and O–H groups in total. The number of benzene rings is 1. The van der Waals surface area contributed by atoms with Crippen LogP contribution in [0.2, 0.25) is 0 Å². The summed E-state index contributed by atoms with van der Waals surface area (Å²) in [6, 6.07) is 8.45. The fraction of sp³-hybridized carbons (Fsp3) is 0.562. The summed E-state index contributed by atoms with van der Waals surface area (Å²) in [4.78, 5) is 11.9. The molecule has 0 aliphatic rings. The smallest absolute Gasteiger partial charge is 0.311 e. The van der Waals surface area contributed by atoms with Gasteiger partial charge in [-0.05, 0) is 44.2 Å². The Kier molecular flexibility index (Phi) is 4.94. The van der Waals surface area contributed by atoms with Gasteiger partial charge in [0.25, 0.3) is 0 Å². The lowest BCUT2D eigenvalue weighted by molar-refractivity contribution is -0.153. The number of hydrogen-bond acceptors (Lipinski definition) is 2. The van der Waals surface area contributed by atoms with Crippen molar-refractivity contribution in [3.8, 4) is 0 Å². The van der Waals surface area contributed by atoms with Crippen LogP contribution in [0.3, 0.4) is 0 Å². The molecular weight excluding hydrogens is 224 g/mol. The van der Waals surface area contributed by atoms with Crippen LogP contribution in [-0.2, 0) is 16.0 Å². The largest absolute Gasteiger partial charge is 0.466 e. The Morgan fingerprint density at radius 3 is 2.56 bits per heavy atom. The Morgan fingerprint density at radius 1 is 1.33 bits per heavy atom. The molecule has 0 saturated heterocycles. The van der Waals surface area contributed by atoms with Gasteiger partial charge in [0, 0.05) is 0 Å². The Morgan fingerprint density at radius 2 is 2.00 bits per heavy atom. The van der Waals surface area contributed by atoms with Crippen molar-refractivity contribution in [2.24, 2.45) is 5.41 Å². The van der Waals surface area contributed by atoms with Gasteiger partial charge in [0.05, 0.1) is 12.0 Å². The number of carbonyl (C=O) groups is 1.